The molecule has 0 aromatic heterocycles. The van der Waals surface area contributed by atoms with Crippen molar-refractivity contribution in [2.24, 2.45) is 5.92 Å². The summed E-state index contributed by atoms with van der Waals surface area (Å²) in [6, 6.07) is 0. The summed E-state index contributed by atoms with van der Waals surface area (Å²) in [6.07, 6.45) is 0. The Labute approximate surface area is 79.9 Å². The lowest BCUT2D eigenvalue weighted by Gasteiger charge is -2.14. The highest BCUT2D eigenvalue weighted by molar-refractivity contribution is 14.1. The zero-order valence-corrected chi connectivity index (χ0v) is 9.20. The first-order chi connectivity index (χ1) is 3.85. The molecular weight excluding hydrogens is 267 g/mol. The normalized spacial score (nSPS) is 12.2. The van der Waals surface area contributed by atoms with Gasteiger partial charge in [0.1, 0.15) is 0 Å². The summed E-state index contributed by atoms with van der Waals surface area (Å²) in [4.78, 5) is 11.0. The van der Waals surface area contributed by atoms with Gasteiger partial charge in [0.05, 0.1) is 0 Å². The molecule has 54 valence electrons. The number of alkyl halides is 1. The molecule has 0 N–H and O–H groups in total. The maximum absolute atomic E-state index is 11.0. The van der Waals surface area contributed by atoms with Gasteiger partial charge in [0.2, 0.25) is 0 Å². The number of carbonyl (C=O) groups excluding carboxylic acids is 1. The van der Waals surface area contributed by atoms with Gasteiger partial charge in [-0.15, -0.1) is 25.3 Å². The third-order valence-electron chi connectivity index (χ3n) is 0.838. The minimum atomic E-state index is -0.800. The number of ketones is 1. The lowest BCUT2D eigenvalue weighted by Crippen LogP contribution is -2.23. The fourth-order valence-electron chi connectivity index (χ4n) is 0.367. The number of Topliss-reactive ketones (excluding diaryl/α,β-unsaturated/α-hetero) is 1. The molecule has 9 heavy (non-hydrogen) atoms. The molecule has 0 bridgehead atoms. The van der Waals surface area contributed by atoms with E-state index in [2.05, 4.69) is 25.3 Å². The summed E-state index contributed by atoms with van der Waals surface area (Å²) in [5, 5.41) is 0. The predicted molar refractivity (Wildman–Crippen MR) is 54.6 cm³/mol. The van der Waals surface area contributed by atoms with Crippen LogP contribution in [-0.4, -0.2) is 7.87 Å². The van der Waals surface area contributed by atoms with Gasteiger partial charge in [0.25, 0.3) is 0 Å². The number of rotatable bonds is 2. The Balaban J connectivity index is 4.06. The fraction of sp³-hybridized carbons (Fsp3) is 0.800. The van der Waals surface area contributed by atoms with Crippen LogP contribution in [0.4, 0.5) is 0 Å². The number of hydrogen-bond acceptors (Lipinski definition) is 3. The third kappa shape index (κ3) is 3.72. The van der Waals surface area contributed by atoms with Crippen LogP contribution in [0.5, 0.6) is 0 Å². The predicted octanol–water partition coefficient (Wildman–Crippen LogP) is 2.16. The summed E-state index contributed by atoms with van der Waals surface area (Å²) in [6.45, 7) is 3.67. The van der Waals surface area contributed by atoms with E-state index >= 15 is 0 Å². The minimum Gasteiger partial charge on any atom is -0.296 e. The van der Waals surface area contributed by atoms with E-state index in [0.29, 0.717) is 0 Å². The molecule has 0 rings (SSSR count). The second-order valence-corrected chi connectivity index (χ2v) is 7.13. The van der Waals surface area contributed by atoms with Crippen LogP contribution in [0.25, 0.3) is 0 Å². The van der Waals surface area contributed by atoms with Gasteiger partial charge < -0.3 is 0 Å². The molecule has 0 aromatic rings. The van der Waals surface area contributed by atoms with Gasteiger partial charge in [-0.2, -0.15) is 0 Å². The smallest absolute Gasteiger partial charge is 0.170 e. The van der Waals surface area contributed by atoms with Crippen LogP contribution in [0, 0.1) is 5.92 Å². The van der Waals surface area contributed by atoms with Crippen LogP contribution in [0.1, 0.15) is 13.8 Å². The molecule has 0 aromatic carbocycles. The summed E-state index contributed by atoms with van der Waals surface area (Å²) in [5.41, 5.74) is 0. The standard InChI is InChI=1S/C5H9IOS2/c1-3(2)4(7)5(6,8)9/h3,8-9H,1-2H3. The van der Waals surface area contributed by atoms with Crippen LogP contribution < -0.4 is 0 Å². The van der Waals surface area contributed by atoms with Crippen LogP contribution >= 0.6 is 47.8 Å². The van der Waals surface area contributed by atoms with Crippen LogP contribution in [0.3, 0.4) is 0 Å². The van der Waals surface area contributed by atoms with E-state index in [0.717, 1.165) is 0 Å². The molecular formula is C5H9IOS2. The Hall–Kier alpha value is 1.10. The molecule has 0 amide bonds. The van der Waals surface area contributed by atoms with Crippen molar-refractivity contribution in [3.63, 3.8) is 0 Å². The molecule has 0 spiro atoms. The van der Waals surface area contributed by atoms with E-state index in [-0.39, 0.29) is 11.7 Å². The van der Waals surface area contributed by atoms with Crippen molar-refractivity contribution in [2.45, 2.75) is 15.9 Å². The summed E-state index contributed by atoms with van der Waals surface area (Å²) >= 11 is 9.88. The molecule has 0 atom stereocenters. The van der Waals surface area contributed by atoms with Gasteiger partial charge in [0, 0.05) is 5.92 Å². The SMILES string of the molecule is CC(C)C(=O)C(S)(S)I. The van der Waals surface area contributed by atoms with Gasteiger partial charge in [-0.3, -0.25) is 4.79 Å². The zero-order valence-electron chi connectivity index (χ0n) is 5.26. The molecule has 1 nitrogen and oxygen atoms in total. The molecule has 0 aliphatic carbocycles. The lowest BCUT2D eigenvalue weighted by molar-refractivity contribution is -0.120. The Bertz CT molecular complexity index is 117. The first-order valence-corrected chi connectivity index (χ1v) is 4.51. The number of carbonyl (C=O) groups is 1. The first-order valence-electron chi connectivity index (χ1n) is 2.53. The Morgan fingerprint density at radius 2 is 1.89 bits per heavy atom. The van der Waals surface area contributed by atoms with E-state index in [1.54, 1.807) is 0 Å². The maximum atomic E-state index is 11.0. The van der Waals surface area contributed by atoms with Crippen molar-refractivity contribution in [1.29, 1.82) is 0 Å². The highest BCUT2D eigenvalue weighted by Crippen LogP contribution is 2.31. The van der Waals surface area contributed by atoms with Gasteiger partial charge >= 0.3 is 0 Å². The summed E-state index contributed by atoms with van der Waals surface area (Å²) in [5.74, 6) is 0.0617. The monoisotopic (exact) mass is 276 g/mol. The van der Waals surface area contributed by atoms with Gasteiger partial charge in [-0.05, 0) is 22.6 Å². The minimum absolute atomic E-state index is 0.0110. The molecule has 0 radical (unpaired) electrons. The molecule has 0 aliphatic rings. The van der Waals surface area contributed by atoms with Crippen molar-refractivity contribution in [2.75, 3.05) is 0 Å². The number of thiol groups is 2. The first kappa shape index (κ1) is 10.1. The third-order valence-corrected chi connectivity index (χ3v) is 1.81. The second kappa shape index (κ2) is 3.48. The van der Waals surface area contributed by atoms with Crippen LogP contribution in [0.15, 0.2) is 0 Å². The number of hydrogen-bond donors (Lipinski definition) is 2. The summed E-state index contributed by atoms with van der Waals surface area (Å²) in [7, 11) is 0. The quantitative estimate of drug-likeness (QED) is 0.342. The van der Waals surface area contributed by atoms with E-state index in [1.807, 2.05) is 36.4 Å². The molecule has 0 saturated carbocycles. The zero-order chi connectivity index (χ0) is 7.65. The fourth-order valence-corrected chi connectivity index (χ4v) is 1.51. The van der Waals surface area contributed by atoms with Crippen LogP contribution in [0.2, 0.25) is 0 Å². The van der Waals surface area contributed by atoms with Gasteiger partial charge in [0.15, 0.2) is 7.87 Å². The molecule has 0 fully saturated rings. The van der Waals surface area contributed by atoms with E-state index in [4.69, 9.17) is 0 Å². The molecule has 0 aliphatic heterocycles. The highest BCUT2D eigenvalue weighted by Gasteiger charge is 2.27. The largest absolute Gasteiger partial charge is 0.296 e. The molecule has 0 unspecified atom stereocenters. The summed E-state index contributed by atoms with van der Waals surface area (Å²) < 4.78 is -0.800. The van der Waals surface area contributed by atoms with E-state index in [9.17, 15) is 4.79 Å². The molecule has 4 heteroatoms. The van der Waals surface area contributed by atoms with Crippen molar-refractivity contribution in [1.82, 2.24) is 0 Å². The van der Waals surface area contributed by atoms with Crippen molar-refractivity contribution in [3.8, 4) is 0 Å². The average Bonchev–Trinajstić information content (AvgIpc) is 1.62. The average molecular weight is 276 g/mol. The molecule has 0 heterocycles. The molecule has 0 saturated heterocycles. The van der Waals surface area contributed by atoms with E-state index < -0.39 is 2.09 Å². The van der Waals surface area contributed by atoms with Crippen LogP contribution in [-0.2, 0) is 4.79 Å². The highest BCUT2D eigenvalue weighted by atomic mass is 127. The second-order valence-electron chi connectivity index (χ2n) is 2.11. The topological polar surface area (TPSA) is 17.1 Å². The van der Waals surface area contributed by atoms with Crippen molar-refractivity contribution in [3.05, 3.63) is 0 Å². The lowest BCUT2D eigenvalue weighted by atomic mass is 10.1. The Morgan fingerprint density at radius 3 is 1.89 bits per heavy atom. The maximum Gasteiger partial charge on any atom is 0.170 e. The van der Waals surface area contributed by atoms with Gasteiger partial charge in [-0.25, -0.2) is 0 Å². The Morgan fingerprint density at radius 1 is 1.56 bits per heavy atom. The van der Waals surface area contributed by atoms with Crippen molar-refractivity contribution < 1.29 is 4.79 Å². The van der Waals surface area contributed by atoms with Gasteiger partial charge in [-0.1, -0.05) is 13.8 Å². The van der Waals surface area contributed by atoms with E-state index in [1.165, 1.54) is 0 Å². The van der Waals surface area contributed by atoms with Crippen molar-refractivity contribution >= 4 is 53.6 Å². The Kier molecular flexibility index (Phi) is 3.90. The number of halogens is 1.